The molecule has 26 heavy (non-hydrogen) atoms. The van der Waals surface area contributed by atoms with Gasteiger partial charge in [-0.25, -0.2) is 9.97 Å². The first-order chi connectivity index (χ1) is 12.7. The summed E-state index contributed by atoms with van der Waals surface area (Å²) >= 11 is 3.46. The second-order valence-electron chi connectivity index (χ2n) is 5.77. The second kappa shape index (κ2) is 7.01. The Labute approximate surface area is 159 Å². The van der Waals surface area contributed by atoms with Crippen LogP contribution in [0.15, 0.2) is 77.5 Å². The molecule has 1 heterocycles. The molecule has 4 rings (SSSR count). The van der Waals surface area contributed by atoms with E-state index in [9.17, 15) is 0 Å². The first kappa shape index (κ1) is 16.4. The summed E-state index contributed by atoms with van der Waals surface area (Å²) < 4.78 is 0.976. The monoisotopic (exact) mass is 405 g/mol. The maximum Gasteiger partial charge on any atom is 0.159 e. The highest BCUT2D eigenvalue weighted by molar-refractivity contribution is 9.10. The molecule has 0 unspecified atom stereocenters. The first-order valence-corrected chi connectivity index (χ1v) is 8.88. The molecule has 128 valence electrons. The number of benzene rings is 3. The molecular weight excluding hydrogens is 390 g/mol. The molecule has 0 atom stereocenters. The molecule has 5 nitrogen and oxygen atoms in total. The summed E-state index contributed by atoms with van der Waals surface area (Å²) in [5.41, 5.74) is 8.59. The van der Waals surface area contributed by atoms with Gasteiger partial charge in [0.25, 0.3) is 0 Å². The summed E-state index contributed by atoms with van der Waals surface area (Å²) in [6, 6.07) is 22.1. The van der Waals surface area contributed by atoms with Crippen molar-refractivity contribution in [1.29, 1.82) is 0 Å². The van der Waals surface area contributed by atoms with Gasteiger partial charge in [0, 0.05) is 21.2 Å². The number of nitrogen functional groups attached to an aromatic ring is 1. The van der Waals surface area contributed by atoms with E-state index in [0.717, 1.165) is 26.6 Å². The fourth-order valence-electron chi connectivity index (χ4n) is 2.76. The highest BCUT2D eigenvalue weighted by Gasteiger charge is 2.10. The number of fused-ring (bicyclic) bond motifs is 1. The molecule has 0 bridgehead atoms. The van der Waals surface area contributed by atoms with Crippen LogP contribution in [0.4, 0.5) is 28.7 Å². The van der Waals surface area contributed by atoms with Crippen LogP contribution in [0.5, 0.6) is 0 Å². The second-order valence-corrected chi connectivity index (χ2v) is 6.69. The van der Waals surface area contributed by atoms with E-state index >= 15 is 0 Å². The Balaban J connectivity index is 1.67. The van der Waals surface area contributed by atoms with Gasteiger partial charge in [0.15, 0.2) is 11.6 Å². The average Bonchev–Trinajstić information content (AvgIpc) is 2.65. The van der Waals surface area contributed by atoms with Gasteiger partial charge in [-0.05, 0) is 29.7 Å². The predicted octanol–water partition coefficient (Wildman–Crippen LogP) is 5.46. The van der Waals surface area contributed by atoms with Crippen LogP contribution >= 0.6 is 15.9 Å². The van der Waals surface area contributed by atoms with Gasteiger partial charge in [-0.2, -0.15) is 0 Å². The van der Waals surface area contributed by atoms with Crippen LogP contribution in [-0.4, -0.2) is 9.97 Å². The number of nitrogens with zero attached hydrogens (tertiary/aromatic N) is 2. The molecule has 0 aliphatic rings. The van der Waals surface area contributed by atoms with Crippen LogP contribution < -0.4 is 16.4 Å². The fourth-order valence-corrected chi connectivity index (χ4v) is 3.16. The van der Waals surface area contributed by atoms with Crippen molar-refractivity contribution >= 4 is 55.4 Å². The summed E-state index contributed by atoms with van der Waals surface area (Å²) in [6.45, 7) is 0. The van der Waals surface area contributed by atoms with Crippen molar-refractivity contribution < 1.29 is 0 Å². The first-order valence-electron chi connectivity index (χ1n) is 8.08. The summed E-state index contributed by atoms with van der Waals surface area (Å²) in [5.74, 6) is 1.12. The van der Waals surface area contributed by atoms with Crippen molar-refractivity contribution in [3.8, 4) is 0 Å². The van der Waals surface area contributed by atoms with Crippen molar-refractivity contribution in [3.63, 3.8) is 0 Å². The molecule has 0 aliphatic heterocycles. The Bertz CT molecular complexity index is 1080. The molecule has 0 saturated carbocycles. The third-order valence-electron chi connectivity index (χ3n) is 4.01. The van der Waals surface area contributed by atoms with Crippen molar-refractivity contribution in [3.05, 3.63) is 77.5 Å². The summed E-state index contributed by atoms with van der Waals surface area (Å²) in [4.78, 5) is 8.57. The lowest BCUT2D eigenvalue weighted by atomic mass is 10.1. The minimum Gasteiger partial charge on any atom is -0.393 e. The number of rotatable bonds is 4. The van der Waals surface area contributed by atoms with Crippen LogP contribution in [0.2, 0.25) is 0 Å². The van der Waals surface area contributed by atoms with Crippen molar-refractivity contribution in [2.75, 3.05) is 16.4 Å². The number of halogens is 1. The molecule has 0 amide bonds. The lowest BCUT2D eigenvalue weighted by Gasteiger charge is -2.14. The van der Waals surface area contributed by atoms with E-state index in [0.29, 0.717) is 17.3 Å². The molecule has 4 N–H and O–H groups in total. The number of anilines is 5. The topological polar surface area (TPSA) is 75.9 Å². The fraction of sp³-hybridized carbons (Fsp3) is 0. The van der Waals surface area contributed by atoms with Gasteiger partial charge in [-0.1, -0.05) is 58.4 Å². The number of hydrogen-bond donors (Lipinski definition) is 3. The number of nitrogens with one attached hydrogen (secondary N) is 2. The highest BCUT2D eigenvalue weighted by atomic mass is 79.9. The molecule has 3 aromatic carbocycles. The number of hydrogen-bond acceptors (Lipinski definition) is 5. The third-order valence-corrected chi connectivity index (χ3v) is 4.51. The molecule has 0 spiro atoms. The quantitative estimate of drug-likeness (QED) is 0.420. The van der Waals surface area contributed by atoms with Gasteiger partial charge in [-0.3, -0.25) is 0 Å². The lowest BCUT2D eigenvalue weighted by Crippen LogP contribution is -2.05. The van der Waals surface area contributed by atoms with Gasteiger partial charge >= 0.3 is 0 Å². The maximum absolute atomic E-state index is 6.30. The van der Waals surface area contributed by atoms with E-state index in [1.807, 2.05) is 48.5 Å². The molecule has 0 saturated heterocycles. The van der Waals surface area contributed by atoms with Crippen molar-refractivity contribution in [1.82, 2.24) is 9.97 Å². The Morgan fingerprint density at radius 1 is 0.808 bits per heavy atom. The average molecular weight is 406 g/mol. The van der Waals surface area contributed by atoms with Crippen molar-refractivity contribution in [2.24, 2.45) is 0 Å². The van der Waals surface area contributed by atoms with Gasteiger partial charge in [0.05, 0.1) is 0 Å². The summed E-state index contributed by atoms with van der Waals surface area (Å²) in [5, 5.41) is 8.81. The standard InChI is InChI=1S/C20H16BrN5/c21-14-7-4-8-15(11-14)25-19-18(22)20(24-12-23-19)26-17-10-3-6-13-5-1-2-9-16(13)17/h1-12H,22H2,(H2,23,24,25,26). The Morgan fingerprint density at radius 3 is 2.38 bits per heavy atom. The van der Waals surface area contributed by atoms with Crippen LogP contribution in [0.25, 0.3) is 10.8 Å². The van der Waals surface area contributed by atoms with E-state index in [-0.39, 0.29) is 0 Å². The van der Waals surface area contributed by atoms with Gasteiger partial charge in [-0.15, -0.1) is 0 Å². The maximum atomic E-state index is 6.30. The van der Waals surface area contributed by atoms with Crippen molar-refractivity contribution in [2.45, 2.75) is 0 Å². The van der Waals surface area contributed by atoms with E-state index in [1.165, 1.54) is 6.33 Å². The summed E-state index contributed by atoms with van der Waals surface area (Å²) in [6.07, 6.45) is 1.49. The molecule has 1 aromatic heterocycles. The zero-order chi connectivity index (χ0) is 17.9. The predicted molar refractivity (Wildman–Crippen MR) is 111 cm³/mol. The van der Waals surface area contributed by atoms with Crippen LogP contribution in [0, 0.1) is 0 Å². The van der Waals surface area contributed by atoms with E-state index < -0.39 is 0 Å². The van der Waals surface area contributed by atoms with Gasteiger partial charge < -0.3 is 16.4 Å². The molecule has 0 aliphatic carbocycles. The molecule has 0 radical (unpaired) electrons. The van der Waals surface area contributed by atoms with E-state index in [4.69, 9.17) is 5.73 Å². The third kappa shape index (κ3) is 3.32. The highest BCUT2D eigenvalue weighted by Crippen LogP contribution is 2.31. The molecule has 6 heteroatoms. The van der Waals surface area contributed by atoms with E-state index in [1.54, 1.807) is 0 Å². The summed E-state index contributed by atoms with van der Waals surface area (Å²) in [7, 11) is 0. The van der Waals surface area contributed by atoms with E-state index in [2.05, 4.69) is 54.7 Å². The molecule has 4 aromatic rings. The smallest absolute Gasteiger partial charge is 0.159 e. The van der Waals surface area contributed by atoms with Crippen LogP contribution in [0.3, 0.4) is 0 Å². The Kier molecular flexibility index (Phi) is 4.41. The van der Waals surface area contributed by atoms with Gasteiger partial charge in [0.2, 0.25) is 0 Å². The Hall–Kier alpha value is -3.12. The minimum absolute atomic E-state index is 0.459. The lowest BCUT2D eigenvalue weighted by molar-refractivity contribution is 1.17. The SMILES string of the molecule is Nc1c(Nc2cccc(Br)c2)ncnc1Nc1cccc2ccccc12. The van der Waals surface area contributed by atoms with Crippen LogP contribution in [-0.2, 0) is 0 Å². The Morgan fingerprint density at radius 2 is 1.54 bits per heavy atom. The molecular formula is C20H16BrN5. The minimum atomic E-state index is 0.459. The van der Waals surface area contributed by atoms with Gasteiger partial charge in [0.1, 0.15) is 12.0 Å². The largest absolute Gasteiger partial charge is 0.393 e. The molecule has 0 fully saturated rings. The van der Waals surface area contributed by atoms with Crippen LogP contribution in [0.1, 0.15) is 0 Å². The zero-order valence-electron chi connectivity index (χ0n) is 13.8. The normalized spacial score (nSPS) is 10.7. The zero-order valence-corrected chi connectivity index (χ0v) is 15.4. The number of aromatic nitrogens is 2. The number of nitrogens with two attached hydrogens (primary N) is 1.